The van der Waals surface area contributed by atoms with Crippen LogP contribution in [0.5, 0.6) is 11.5 Å². The van der Waals surface area contributed by atoms with Crippen molar-refractivity contribution in [3.8, 4) is 11.5 Å². The molecule has 2 aromatic rings. The molecule has 0 amide bonds. The Morgan fingerprint density at radius 1 is 0.955 bits per heavy atom. The van der Waals surface area contributed by atoms with Crippen LogP contribution in [0.2, 0.25) is 0 Å². The van der Waals surface area contributed by atoms with E-state index in [0.29, 0.717) is 6.61 Å². The lowest BCUT2D eigenvalue weighted by Crippen LogP contribution is -2.02. The van der Waals surface area contributed by atoms with Crippen LogP contribution < -0.4 is 9.47 Å². The number of fused-ring (bicyclic) bond motifs is 1. The summed E-state index contributed by atoms with van der Waals surface area (Å²) in [7, 11) is 0. The Morgan fingerprint density at radius 2 is 1.73 bits per heavy atom. The highest BCUT2D eigenvalue weighted by molar-refractivity contribution is 9.09. The molecule has 0 heterocycles. The Kier molecular flexibility index (Phi) is 7.04. The highest BCUT2D eigenvalue weighted by atomic mass is 79.9. The number of rotatable bonds is 9. The predicted octanol–water partition coefficient (Wildman–Crippen LogP) is 5.74. The quantitative estimate of drug-likeness (QED) is 0.416. The molecule has 0 N–H and O–H groups in total. The Morgan fingerprint density at radius 3 is 2.41 bits per heavy atom. The van der Waals surface area contributed by atoms with E-state index in [2.05, 4.69) is 53.2 Å². The fraction of sp³-hybridized carbons (Fsp3) is 0.474. The third kappa shape index (κ3) is 4.16. The molecule has 2 nitrogen and oxygen atoms in total. The van der Waals surface area contributed by atoms with Gasteiger partial charge in [-0.25, -0.2) is 0 Å². The first kappa shape index (κ1) is 17.1. The SMILES string of the molecule is CCOc1c(CC)cc(OCCCCCBr)c2ccccc12. The molecule has 2 rings (SSSR count). The topological polar surface area (TPSA) is 18.5 Å². The molecule has 0 saturated heterocycles. The molecule has 0 saturated carbocycles. The Bertz CT molecular complexity index is 595. The zero-order valence-corrected chi connectivity index (χ0v) is 15.1. The third-order valence-electron chi connectivity index (χ3n) is 3.74. The van der Waals surface area contributed by atoms with E-state index in [0.717, 1.165) is 47.1 Å². The summed E-state index contributed by atoms with van der Waals surface area (Å²) in [6, 6.07) is 10.5. The second-order valence-electron chi connectivity index (χ2n) is 5.29. The maximum atomic E-state index is 6.07. The van der Waals surface area contributed by atoms with Crippen molar-refractivity contribution in [1.29, 1.82) is 0 Å². The monoisotopic (exact) mass is 364 g/mol. The molecule has 0 aromatic heterocycles. The minimum absolute atomic E-state index is 0.684. The predicted molar refractivity (Wildman–Crippen MR) is 97.6 cm³/mol. The summed E-state index contributed by atoms with van der Waals surface area (Å²) in [5, 5.41) is 3.36. The Hall–Kier alpha value is -1.22. The number of hydrogen-bond acceptors (Lipinski definition) is 2. The zero-order valence-electron chi connectivity index (χ0n) is 13.5. The summed E-state index contributed by atoms with van der Waals surface area (Å²) in [6.45, 7) is 5.65. The van der Waals surface area contributed by atoms with E-state index >= 15 is 0 Å². The van der Waals surface area contributed by atoms with Crippen molar-refractivity contribution in [2.75, 3.05) is 18.5 Å². The van der Waals surface area contributed by atoms with Crippen molar-refractivity contribution in [2.45, 2.75) is 39.5 Å². The van der Waals surface area contributed by atoms with Gasteiger partial charge in [0.2, 0.25) is 0 Å². The highest BCUT2D eigenvalue weighted by Gasteiger charge is 2.12. The van der Waals surface area contributed by atoms with Gasteiger partial charge < -0.3 is 9.47 Å². The smallest absolute Gasteiger partial charge is 0.130 e. The minimum Gasteiger partial charge on any atom is -0.493 e. The number of alkyl halides is 1. The van der Waals surface area contributed by atoms with E-state index in [1.165, 1.54) is 18.4 Å². The maximum Gasteiger partial charge on any atom is 0.130 e. The van der Waals surface area contributed by atoms with Gasteiger partial charge in [0.15, 0.2) is 0 Å². The van der Waals surface area contributed by atoms with Crippen molar-refractivity contribution in [3.05, 3.63) is 35.9 Å². The standard InChI is InChI=1S/C19H25BrO2/c1-3-15-14-18(22-13-9-5-8-12-20)16-10-6-7-11-17(16)19(15)21-4-2/h6-7,10-11,14H,3-5,8-9,12-13H2,1-2H3. The molecular formula is C19H25BrO2. The molecule has 3 heteroatoms. The molecule has 0 unspecified atom stereocenters. The molecule has 0 aliphatic carbocycles. The van der Waals surface area contributed by atoms with E-state index in [9.17, 15) is 0 Å². The van der Waals surface area contributed by atoms with Crippen LogP contribution >= 0.6 is 15.9 Å². The molecule has 0 atom stereocenters. The molecule has 120 valence electrons. The average molecular weight is 365 g/mol. The van der Waals surface area contributed by atoms with Gasteiger partial charge in [-0.3, -0.25) is 0 Å². The minimum atomic E-state index is 0.684. The van der Waals surface area contributed by atoms with Crippen LogP contribution in [0.1, 0.15) is 38.7 Å². The first-order valence-corrected chi connectivity index (χ1v) is 9.30. The van der Waals surface area contributed by atoms with Crippen LogP contribution in [0.4, 0.5) is 0 Å². The summed E-state index contributed by atoms with van der Waals surface area (Å²) in [4.78, 5) is 0. The van der Waals surface area contributed by atoms with Gasteiger partial charge in [0.25, 0.3) is 0 Å². The number of ether oxygens (including phenoxy) is 2. The van der Waals surface area contributed by atoms with Gasteiger partial charge in [-0.05, 0) is 44.2 Å². The zero-order chi connectivity index (χ0) is 15.8. The van der Waals surface area contributed by atoms with Crippen LogP contribution in [-0.2, 0) is 6.42 Å². The number of benzene rings is 2. The van der Waals surface area contributed by atoms with Crippen LogP contribution in [-0.4, -0.2) is 18.5 Å². The first-order valence-electron chi connectivity index (χ1n) is 8.18. The molecule has 0 fully saturated rings. The number of unbranched alkanes of at least 4 members (excludes halogenated alkanes) is 2. The van der Waals surface area contributed by atoms with Gasteiger partial charge in [0.05, 0.1) is 13.2 Å². The fourth-order valence-corrected chi connectivity index (χ4v) is 3.02. The first-order chi connectivity index (χ1) is 10.8. The van der Waals surface area contributed by atoms with Gasteiger partial charge in [0, 0.05) is 16.1 Å². The van der Waals surface area contributed by atoms with Crippen LogP contribution in [0.25, 0.3) is 10.8 Å². The molecule has 0 bridgehead atoms. The second kappa shape index (κ2) is 9.04. The summed E-state index contributed by atoms with van der Waals surface area (Å²) in [6.07, 6.45) is 4.43. The van der Waals surface area contributed by atoms with Gasteiger partial charge in [-0.1, -0.05) is 47.1 Å². The third-order valence-corrected chi connectivity index (χ3v) is 4.30. The van der Waals surface area contributed by atoms with Crippen molar-refractivity contribution in [2.24, 2.45) is 0 Å². The second-order valence-corrected chi connectivity index (χ2v) is 6.09. The Labute approximate surface area is 141 Å². The molecule has 0 aliphatic heterocycles. The number of hydrogen-bond donors (Lipinski definition) is 0. The maximum absolute atomic E-state index is 6.07. The van der Waals surface area contributed by atoms with Crippen LogP contribution in [0.3, 0.4) is 0 Å². The summed E-state index contributed by atoms with van der Waals surface area (Å²) >= 11 is 3.47. The number of aryl methyl sites for hydroxylation is 1. The van der Waals surface area contributed by atoms with E-state index in [1.54, 1.807) is 0 Å². The molecule has 22 heavy (non-hydrogen) atoms. The fourth-order valence-electron chi connectivity index (χ4n) is 2.62. The summed E-state index contributed by atoms with van der Waals surface area (Å²) in [5.74, 6) is 1.99. The van der Waals surface area contributed by atoms with Crippen molar-refractivity contribution < 1.29 is 9.47 Å². The largest absolute Gasteiger partial charge is 0.493 e. The molecule has 0 spiro atoms. The van der Waals surface area contributed by atoms with Crippen LogP contribution in [0.15, 0.2) is 30.3 Å². The van der Waals surface area contributed by atoms with Gasteiger partial charge in [0.1, 0.15) is 11.5 Å². The lowest BCUT2D eigenvalue weighted by atomic mass is 10.0. The van der Waals surface area contributed by atoms with E-state index in [4.69, 9.17) is 9.47 Å². The van der Waals surface area contributed by atoms with Gasteiger partial charge >= 0.3 is 0 Å². The van der Waals surface area contributed by atoms with E-state index < -0.39 is 0 Å². The normalized spacial score (nSPS) is 10.9. The lowest BCUT2D eigenvalue weighted by Gasteiger charge is -2.16. The van der Waals surface area contributed by atoms with Crippen molar-refractivity contribution in [3.63, 3.8) is 0 Å². The Balaban J connectivity index is 2.27. The summed E-state index contributed by atoms with van der Waals surface area (Å²) in [5.41, 5.74) is 1.22. The summed E-state index contributed by atoms with van der Waals surface area (Å²) < 4.78 is 12.0. The molecular weight excluding hydrogens is 340 g/mol. The molecule has 2 aromatic carbocycles. The lowest BCUT2D eigenvalue weighted by molar-refractivity contribution is 0.308. The van der Waals surface area contributed by atoms with Crippen molar-refractivity contribution in [1.82, 2.24) is 0 Å². The van der Waals surface area contributed by atoms with Gasteiger partial charge in [-0.2, -0.15) is 0 Å². The molecule has 0 radical (unpaired) electrons. The number of halogens is 1. The van der Waals surface area contributed by atoms with Crippen molar-refractivity contribution >= 4 is 26.7 Å². The van der Waals surface area contributed by atoms with Gasteiger partial charge in [-0.15, -0.1) is 0 Å². The van der Waals surface area contributed by atoms with E-state index in [-0.39, 0.29) is 0 Å². The highest BCUT2D eigenvalue weighted by Crippen LogP contribution is 2.37. The average Bonchev–Trinajstić information content (AvgIpc) is 2.56. The molecule has 0 aliphatic rings. The van der Waals surface area contributed by atoms with Crippen LogP contribution in [0, 0.1) is 0 Å². The van der Waals surface area contributed by atoms with E-state index in [1.807, 2.05) is 6.92 Å².